The third kappa shape index (κ3) is 3.64. The molecule has 1 aliphatic heterocycles. The summed E-state index contributed by atoms with van der Waals surface area (Å²) in [6.07, 6.45) is 8.39. The maximum absolute atomic E-state index is 9.67. The molecule has 0 saturated carbocycles. The van der Waals surface area contributed by atoms with Crippen LogP contribution in [-0.4, -0.2) is 44.9 Å². The average molecular weight is 438 g/mol. The summed E-state index contributed by atoms with van der Waals surface area (Å²) in [6, 6.07) is 12.1. The summed E-state index contributed by atoms with van der Waals surface area (Å²) >= 11 is 0. The number of aromatic amines is 1. The zero-order chi connectivity index (χ0) is 22.8. The van der Waals surface area contributed by atoms with Gasteiger partial charge in [0.1, 0.15) is 29.4 Å². The van der Waals surface area contributed by atoms with Gasteiger partial charge in [0.2, 0.25) is 0 Å². The predicted octanol–water partition coefficient (Wildman–Crippen LogP) is 3.68. The minimum Gasteiger partial charge on any atom is -0.495 e. The third-order valence-electron chi connectivity index (χ3n) is 6.31. The van der Waals surface area contributed by atoms with Crippen LogP contribution in [0.15, 0.2) is 49.2 Å². The molecular weight excluding hydrogens is 416 g/mol. The van der Waals surface area contributed by atoms with Crippen molar-refractivity contribution in [3.05, 3.63) is 54.7 Å². The van der Waals surface area contributed by atoms with Gasteiger partial charge in [-0.15, -0.1) is 0 Å². The highest BCUT2D eigenvalue weighted by Crippen LogP contribution is 2.37. The highest BCUT2D eigenvalue weighted by molar-refractivity contribution is 5.90. The van der Waals surface area contributed by atoms with E-state index in [4.69, 9.17) is 4.74 Å². The van der Waals surface area contributed by atoms with Gasteiger partial charge < -0.3 is 14.6 Å². The maximum atomic E-state index is 9.67. The second-order valence-corrected chi connectivity index (χ2v) is 8.06. The van der Waals surface area contributed by atoms with Crippen LogP contribution in [0, 0.1) is 28.6 Å². The summed E-state index contributed by atoms with van der Waals surface area (Å²) < 4.78 is 7.26. The van der Waals surface area contributed by atoms with Gasteiger partial charge in [-0.3, -0.25) is 4.68 Å². The molecule has 9 nitrogen and oxygen atoms in total. The van der Waals surface area contributed by atoms with Crippen LogP contribution in [0.2, 0.25) is 0 Å². The van der Waals surface area contributed by atoms with Gasteiger partial charge in [0.15, 0.2) is 0 Å². The number of hydrogen-bond acceptors (Lipinski definition) is 7. The van der Waals surface area contributed by atoms with E-state index in [-0.39, 0.29) is 12.0 Å². The first kappa shape index (κ1) is 20.5. The lowest BCUT2D eigenvalue weighted by atomic mass is 9.96. The fraction of sp³-hybridized carbons (Fsp3) is 0.292. The monoisotopic (exact) mass is 438 g/mol. The fourth-order valence-corrected chi connectivity index (χ4v) is 4.70. The molecule has 1 fully saturated rings. The molecule has 0 spiro atoms. The normalized spacial score (nSPS) is 16.5. The summed E-state index contributed by atoms with van der Waals surface area (Å²) in [4.78, 5) is 14.0. The van der Waals surface area contributed by atoms with E-state index in [1.807, 2.05) is 35.3 Å². The Morgan fingerprint density at radius 1 is 1.27 bits per heavy atom. The minimum atomic E-state index is -0.0755. The van der Waals surface area contributed by atoms with Crippen molar-refractivity contribution in [1.29, 1.82) is 10.5 Å². The van der Waals surface area contributed by atoms with Crippen LogP contribution in [0.4, 0.5) is 5.69 Å². The number of methoxy groups -OCH3 is 1. The van der Waals surface area contributed by atoms with Crippen molar-refractivity contribution in [1.82, 2.24) is 24.7 Å². The number of nitrogens with zero attached hydrogens (tertiary/aromatic N) is 7. The number of fused-ring (bicyclic) bond motifs is 1. The Kier molecular flexibility index (Phi) is 5.37. The van der Waals surface area contributed by atoms with Crippen LogP contribution in [0.1, 0.15) is 24.4 Å². The average Bonchev–Trinajstić information content (AvgIpc) is 3.62. The molecule has 164 valence electrons. The van der Waals surface area contributed by atoms with Crippen LogP contribution in [0.5, 0.6) is 5.75 Å². The van der Waals surface area contributed by atoms with Crippen LogP contribution in [0.3, 0.4) is 0 Å². The number of hydrogen-bond donors (Lipinski definition) is 1. The quantitative estimate of drug-likeness (QED) is 0.487. The van der Waals surface area contributed by atoms with E-state index in [1.165, 1.54) is 6.33 Å². The molecule has 4 heterocycles. The van der Waals surface area contributed by atoms with Crippen molar-refractivity contribution < 1.29 is 4.74 Å². The molecule has 1 saturated heterocycles. The summed E-state index contributed by atoms with van der Waals surface area (Å²) in [6.45, 7) is 1.54. The SMILES string of the molecule is COc1cccc(N2CC[C@H]([C@H](CC#N)n3cc(-c4ncnc5[nH]ccc45)cn3)C2)c1C#N. The van der Waals surface area contributed by atoms with E-state index in [0.717, 1.165) is 47.5 Å². The van der Waals surface area contributed by atoms with E-state index < -0.39 is 0 Å². The van der Waals surface area contributed by atoms with Crippen molar-refractivity contribution in [2.24, 2.45) is 5.92 Å². The van der Waals surface area contributed by atoms with E-state index in [2.05, 4.69) is 37.1 Å². The van der Waals surface area contributed by atoms with Gasteiger partial charge in [0, 0.05) is 42.4 Å². The van der Waals surface area contributed by atoms with Gasteiger partial charge >= 0.3 is 0 Å². The van der Waals surface area contributed by atoms with Crippen LogP contribution in [0.25, 0.3) is 22.3 Å². The topological polar surface area (TPSA) is 119 Å². The molecule has 0 amide bonds. The van der Waals surface area contributed by atoms with Crippen molar-refractivity contribution in [2.75, 3.05) is 25.1 Å². The maximum Gasteiger partial charge on any atom is 0.141 e. The summed E-state index contributed by atoms with van der Waals surface area (Å²) in [5, 5.41) is 24.8. The Morgan fingerprint density at radius 3 is 3.00 bits per heavy atom. The van der Waals surface area contributed by atoms with Crippen molar-refractivity contribution in [3.8, 4) is 29.1 Å². The summed E-state index contributed by atoms with van der Waals surface area (Å²) in [5.41, 5.74) is 3.88. The molecule has 1 N–H and O–H groups in total. The number of nitrogens with one attached hydrogen (secondary N) is 1. The van der Waals surface area contributed by atoms with Crippen LogP contribution in [-0.2, 0) is 0 Å². The lowest BCUT2D eigenvalue weighted by Gasteiger charge is -2.24. The van der Waals surface area contributed by atoms with Crippen molar-refractivity contribution >= 4 is 16.7 Å². The molecule has 4 aromatic rings. The number of anilines is 1. The number of ether oxygens (including phenoxy) is 1. The second kappa shape index (κ2) is 8.64. The number of rotatable bonds is 6. The molecule has 5 rings (SSSR count). The first-order valence-electron chi connectivity index (χ1n) is 10.7. The van der Waals surface area contributed by atoms with E-state index in [9.17, 15) is 10.5 Å². The van der Waals surface area contributed by atoms with Gasteiger partial charge in [0.05, 0.1) is 43.2 Å². The summed E-state index contributed by atoms with van der Waals surface area (Å²) in [5.74, 6) is 0.789. The van der Waals surface area contributed by atoms with Crippen LogP contribution < -0.4 is 9.64 Å². The lowest BCUT2D eigenvalue weighted by molar-refractivity contribution is 0.332. The van der Waals surface area contributed by atoms with Crippen molar-refractivity contribution in [3.63, 3.8) is 0 Å². The molecule has 0 unspecified atom stereocenters. The molecule has 2 atom stereocenters. The van der Waals surface area contributed by atoms with Gasteiger partial charge in [0.25, 0.3) is 0 Å². The van der Waals surface area contributed by atoms with Gasteiger partial charge in [-0.1, -0.05) is 6.07 Å². The van der Waals surface area contributed by atoms with Gasteiger partial charge in [-0.25, -0.2) is 9.97 Å². The number of aromatic nitrogens is 5. The summed E-state index contributed by atoms with van der Waals surface area (Å²) in [7, 11) is 1.57. The fourth-order valence-electron chi connectivity index (χ4n) is 4.70. The number of benzene rings is 1. The smallest absolute Gasteiger partial charge is 0.141 e. The number of H-pyrrole nitrogens is 1. The highest BCUT2D eigenvalue weighted by Gasteiger charge is 2.32. The predicted molar refractivity (Wildman–Crippen MR) is 122 cm³/mol. The Hall–Kier alpha value is -4.37. The Bertz CT molecular complexity index is 1380. The first-order chi connectivity index (χ1) is 16.2. The highest BCUT2D eigenvalue weighted by atomic mass is 16.5. The molecule has 0 aliphatic carbocycles. The Balaban J connectivity index is 1.42. The number of nitriles is 2. The molecule has 0 bridgehead atoms. The minimum absolute atomic E-state index is 0.0755. The molecular formula is C24H22N8O. The molecule has 9 heteroatoms. The molecule has 0 radical (unpaired) electrons. The molecule has 3 aromatic heterocycles. The molecule has 1 aliphatic rings. The largest absolute Gasteiger partial charge is 0.495 e. The zero-order valence-electron chi connectivity index (χ0n) is 18.1. The first-order valence-corrected chi connectivity index (χ1v) is 10.7. The van der Waals surface area contributed by atoms with E-state index in [1.54, 1.807) is 19.4 Å². The zero-order valence-corrected chi connectivity index (χ0v) is 18.1. The molecule has 33 heavy (non-hydrogen) atoms. The van der Waals surface area contributed by atoms with Gasteiger partial charge in [-0.2, -0.15) is 15.6 Å². The third-order valence-corrected chi connectivity index (χ3v) is 6.31. The van der Waals surface area contributed by atoms with E-state index in [0.29, 0.717) is 17.7 Å². The lowest BCUT2D eigenvalue weighted by Crippen LogP contribution is -2.25. The second-order valence-electron chi connectivity index (χ2n) is 8.06. The molecule has 1 aromatic carbocycles. The Labute approximate surface area is 190 Å². The van der Waals surface area contributed by atoms with Crippen LogP contribution >= 0.6 is 0 Å². The Morgan fingerprint density at radius 2 is 2.18 bits per heavy atom. The van der Waals surface area contributed by atoms with E-state index >= 15 is 0 Å². The standard InChI is InChI=1S/C24H22N8O/c1-33-22-4-2-3-21(19(22)11-26)31-10-7-16(13-31)20(5-8-25)32-14-17(12-30-32)23-18-6-9-27-24(18)29-15-28-23/h2-4,6,9,12,14-16,20H,5,7,10,13H2,1H3,(H,27,28,29)/t16-,20-/m0/s1. The van der Waals surface area contributed by atoms with Crippen molar-refractivity contribution in [2.45, 2.75) is 18.9 Å². The van der Waals surface area contributed by atoms with Gasteiger partial charge in [-0.05, 0) is 24.6 Å².